The van der Waals surface area contributed by atoms with E-state index in [2.05, 4.69) is 6.92 Å². The van der Waals surface area contributed by atoms with Gasteiger partial charge in [0.05, 0.1) is 5.41 Å². The number of aliphatic hydroxyl groups is 2. The molecule has 4 saturated carbocycles. The number of hydrogen-bond acceptors (Lipinski definition) is 3. The van der Waals surface area contributed by atoms with Gasteiger partial charge in [-0.2, -0.15) is 0 Å². The molecule has 4 aliphatic carbocycles. The molecule has 3 nitrogen and oxygen atoms in total. The van der Waals surface area contributed by atoms with Crippen LogP contribution in [-0.2, 0) is 4.79 Å². The van der Waals surface area contributed by atoms with Crippen LogP contribution in [0.3, 0.4) is 0 Å². The number of ketones is 1. The molecular weight excluding hydrogens is 276 g/mol. The Kier molecular flexibility index (Phi) is 3.14. The summed E-state index contributed by atoms with van der Waals surface area (Å²) in [5.74, 6) is 0.0909. The maximum absolute atomic E-state index is 12.5. The first-order valence-corrected chi connectivity index (χ1v) is 9.29. The molecule has 4 rings (SSSR count). The van der Waals surface area contributed by atoms with E-state index in [1.807, 2.05) is 6.92 Å². The van der Waals surface area contributed by atoms with E-state index in [-0.39, 0.29) is 17.1 Å². The first-order chi connectivity index (χ1) is 10.3. The fourth-order valence-electron chi connectivity index (χ4n) is 7.07. The molecule has 0 aliphatic heterocycles. The van der Waals surface area contributed by atoms with Crippen LogP contribution in [0.5, 0.6) is 0 Å². The third-order valence-corrected chi connectivity index (χ3v) is 8.52. The molecule has 3 heteroatoms. The van der Waals surface area contributed by atoms with Crippen molar-refractivity contribution in [1.82, 2.24) is 0 Å². The molecule has 4 aliphatic rings. The smallest absolute Gasteiger partial charge is 0.175 e. The molecule has 0 bridgehead atoms. The Hall–Kier alpha value is -0.410. The average Bonchev–Trinajstić information content (AvgIpc) is 2.77. The lowest BCUT2D eigenvalue weighted by molar-refractivity contribution is -0.294. The molecule has 0 aromatic heterocycles. The molecule has 0 saturated heterocycles. The van der Waals surface area contributed by atoms with Crippen molar-refractivity contribution in [3.8, 4) is 0 Å². The second-order valence-electron chi connectivity index (χ2n) is 9.09. The van der Waals surface area contributed by atoms with Crippen molar-refractivity contribution in [2.24, 2.45) is 34.5 Å². The second-order valence-corrected chi connectivity index (χ2v) is 9.09. The van der Waals surface area contributed by atoms with Gasteiger partial charge in [-0.1, -0.05) is 19.8 Å². The summed E-state index contributed by atoms with van der Waals surface area (Å²) in [7, 11) is 0. The molecule has 6 atom stereocenters. The monoisotopic (exact) mass is 306 g/mol. The summed E-state index contributed by atoms with van der Waals surface area (Å²) in [6, 6.07) is 0. The minimum absolute atomic E-state index is 0.0804. The van der Waals surface area contributed by atoms with Gasteiger partial charge in [-0.05, 0) is 68.1 Å². The zero-order valence-corrected chi connectivity index (χ0v) is 14.0. The van der Waals surface area contributed by atoms with Gasteiger partial charge in [0.1, 0.15) is 5.78 Å². The third kappa shape index (κ3) is 1.67. The molecule has 0 amide bonds. The van der Waals surface area contributed by atoms with Gasteiger partial charge in [-0.3, -0.25) is 4.79 Å². The van der Waals surface area contributed by atoms with E-state index in [0.717, 1.165) is 12.3 Å². The average molecular weight is 306 g/mol. The van der Waals surface area contributed by atoms with Crippen LogP contribution >= 0.6 is 0 Å². The molecule has 0 aromatic rings. The summed E-state index contributed by atoms with van der Waals surface area (Å²) in [4.78, 5) is 12.5. The molecule has 22 heavy (non-hydrogen) atoms. The van der Waals surface area contributed by atoms with Gasteiger partial charge in [-0.15, -0.1) is 0 Å². The van der Waals surface area contributed by atoms with Gasteiger partial charge in [0, 0.05) is 12.8 Å². The minimum atomic E-state index is -1.81. The van der Waals surface area contributed by atoms with Gasteiger partial charge in [0.25, 0.3) is 0 Å². The number of fused-ring (bicyclic) bond motifs is 5. The Bertz CT molecular complexity index is 499. The van der Waals surface area contributed by atoms with Gasteiger partial charge in [-0.25, -0.2) is 0 Å². The van der Waals surface area contributed by atoms with Gasteiger partial charge >= 0.3 is 0 Å². The zero-order chi connectivity index (χ0) is 15.8. The van der Waals surface area contributed by atoms with E-state index in [1.165, 1.54) is 38.5 Å². The van der Waals surface area contributed by atoms with E-state index in [9.17, 15) is 15.0 Å². The SMILES string of the molecule is C[C@]12CCCCC1CC[C@@H]1[C@H]2CC(O)(O)[C@]2(C)C(=O)CC[C@@H]12. The molecule has 2 N–H and O–H groups in total. The summed E-state index contributed by atoms with van der Waals surface area (Å²) in [6.07, 6.45) is 9.42. The van der Waals surface area contributed by atoms with Crippen molar-refractivity contribution >= 4 is 5.78 Å². The van der Waals surface area contributed by atoms with Crippen LogP contribution in [0.1, 0.15) is 71.6 Å². The van der Waals surface area contributed by atoms with Crippen molar-refractivity contribution in [2.75, 3.05) is 0 Å². The molecular formula is C19H30O3. The fourth-order valence-corrected chi connectivity index (χ4v) is 7.07. The van der Waals surface area contributed by atoms with Crippen LogP contribution < -0.4 is 0 Å². The summed E-state index contributed by atoms with van der Waals surface area (Å²) >= 11 is 0. The standard InChI is InChI=1S/C19H30O3/c1-17-10-4-3-5-12(17)6-7-13-14-8-9-16(20)18(14,2)19(21,22)11-15(13)17/h12-15,21-22H,3-11H2,1-2H3/t12?,13-,14-,15+,17-,18-/m0/s1. The molecule has 0 radical (unpaired) electrons. The van der Waals surface area contributed by atoms with Crippen LogP contribution in [0.25, 0.3) is 0 Å². The highest BCUT2D eigenvalue weighted by Crippen LogP contribution is 2.67. The maximum atomic E-state index is 12.5. The predicted molar refractivity (Wildman–Crippen MR) is 83.9 cm³/mol. The van der Waals surface area contributed by atoms with Crippen LogP contribution in [0.15, 0.2) is 0 Å². The summed E-state index contributed by atoms with van der Waals surface area (Å²) in [5, 5.41) is 21.7. The predicted octanol–water partition coefficient (Wildman–Crippen LogP) is 3.28. The highest BCUT2D eigenvalue weighted by molar-refractivity contribution is 5.88. The van der Waals surface area contributed by atoms with Crippen LogP contribution in [0.2, 0.25) is 0 Å². The van der Waals surface area contributed by atoms with E-state index in [4.69, 9.17) is 0 Å². The van der Waals surface area contributed by atoms with E-state index >= 15 is 0 Å². The highest BCUT2D eigenvalue weighted by Gasteiger charge is 2.68. The Morgan fingerprint density at radius 1 is 1.00 bits per heavy atom. The Morgan fingerprint density at radius 2 is 1.77 bits per heavy atom. The summed E-state index contributed by atoms with van der Waals surface area (Å²) in [5.41, 5.74) is -0.670. The summed E-state index contributed by atoms with van der Waals surface area (Å²) in [6.45, 7) is 4.24. The lowest BCUT2D eigenvalue weighted by Crippen LogP contribution is -2.64. The quantitative estimate of drug-likeness (QED) is 0.675. The van der Waals surface area contributed by atoms with Crippen molar-refractivity contribution in [2.45, 2.75) is 77.4 Å². The molecule has 1 unspecified atom stereocenters. The first-order valence-electron chi connectivity index (χ1n) is 9.29. The van der Waals surface area contributed by atoms with E-state index in [1.54, 1.807) is 0 Å². The normalized spacial score (nSPS) is 53.5. The topological polar surface area (TPSA) is 57.5 Å². The first kappa shape index (κ1) is 15.1. The zero-order valence-electron chi connectivity index (χ0n) is 14.0. The Labute approximate surface area is 133 Å². The van der Waals surface area contributed by atoms with Gasteiger partial charge in [0.15, 0.2) is 5.79 Å². The molecule has 0 heterocycles. The molecule has 0 spiro atoms. The number of carbonyl (C=O) groups is 1. The molecule has 124 valence electrons. The van der Waals surface area contributed by atoms with Gasteiger partial charge in [0.2, 0.25) is 0 Å². The van der Waals surface area contributed by atoms with Crippen molar-refractivity contribution in [3.05, 3.63) is 0 Å². The number of carbonyl (C=O) groups excluding carboxylic acids is 1. The Balaban J connectivity index is 1.75. The van der Waals surface area contributed by atoms with Crippen molar-refractivity contribution < 1.29 is 15.0 Å². The van der Waals surface area contributed by atoms with Gasteiger partial charge < -0.3 is 10.2 Å². The van der Waals surface area contributed by atoms with Crippen molar-refractivity contribution in [3.63, 3.8) is 0 Å². The third-order valence-electron chi connectivity index (χ3n) is 8.52. The number of rotatable bonds is 0. The largest absolute Gasteiger partial charge is 0.365 e. The number of hydrogen-bond donors (Lipinski definition) is 2. The lowest BCUT2D eigenvalue weighted by Gasteiger charge is -2.62. The molecule has 4 fully saturated rings. The maximum Gasteiger partial charge on any atom is 0.175 e. The van der Waals surface area contributed by atoms with Crippen LogP contribution in [0, 0.1) is 34.5 Å². The van der Waals surface area contributed by atoms with Crippen LogP contribution in [0.4, 0.5) is 0 Å². The summed E-state index contributed by atoms with van der Waals surface area (Å²) < 4.78 is 0. The highest BCUT2D eigenvalue weighted by atomic mass is 16.5. The fraction of sp³-hybridized carbons (Fsp3) is 0.947. The number of Topliss-reactive ketones (excluding diaryl/α,β-unsaturated/α-hetero) is 1. The van der Waals surface area contributed by atoms with E-state index < -0.39 is 11.2 Å². The van der Waals surface area contributed by atoms with E-state index in [0.29, 0.717) is 24.7 Å². The molecule has 0 aromatic carbocycles. The minimum Gasteiger partial charge on any atom is -0.365 e. The second kappa shape index (κ2) is 4.57. The lowest BCUT2D eigenvalue weighted by atomic mass is 9.44. The van der Waals surface area contributed by atoms with Crippen LogP contribution in [-0.4, -0.2) is 21.8 Å². The Morgan fingerprint density at radius 3 is 2.55 bits per heavy atom. The van der Waals surface area contributed by atoms with Crippen molar-refractivity contribution in [1.29, 1.82) is 0 Å².